The minimum atomic E-state index is 0.0916. The monoisotopic (exact) mass is 361 g/mol. The number of hydrogen-bond donors (Lipinski definition) is 0. The molecule has 25 heavy (non-hydrogen) atoms. The largest absolute Gasteiger partial charge is 0.495 e. The molecule has 6 nitrogen and oxygen atoms in total. The first-order valence-corrected chi connectivity index (χ1v) is 9.58. The Morgan fingerprint density at radius 1 is 1.16 bits per heavy atom. The molecule has 1 atom stereocenters. The van der Waals surface area contributed by atoms with Gasteiger partial charge in [-0.25, -0.2) is 4.98 Å². The second-order valence-corrected chi connectivity index (χ2v) is 7.59. The average Bonchev–Trinajstić information content (AvgIpc) is 3.39. The van der Waals surface area contributed by atoms with Crippen LogP contribution < -0.4 is 14.4 Å². The molecule has 2 aromatic rings. The summed E-state index contributed by atoms with van der Waals surface area (Å²) in [6.45, 7) is 3.46. The van der Waals surface area contributed by atoms with Gasteiger partial charge in [-0.15, -0.1) is 0 Å². The zero-order valence-electron chi connectivity index (χ0n) is 14.7. The first-order chi connectivity index (χ1) is 12.2. The van der Waals surface area contributed by atoms with E-state index < -0.39 is 0 Å². The van der Waals surface area contributed by atoms with E-state index in [9.17, 15) is 4.79 Å². The highest BCUT2D eigenvalue weighted by molar-refractivity contribution is 7.22. The van der Waals surface area contributed by atoms with Crippen molar-refractivity contribution in [3.63, 3.8) is 0 Å². The number of thiazole rings is 1. The average molecular weight is 361 g/mol. The number of carbonyl (C=O) groups excluding carboxylic acids is 1. The van der Waals surface area contributed by atoms with Gasteiger partial charge in [-0.2, -0.15) is 0 Å². The van der Waals surface area contributed by atoms with Gasteiger partial charge < -0.3 is 19.3 Å². The summed E-state index contributed by atoms with van der Waals surface area (Å²) >= 11 is 1.61. The van der Waals surface area contributed by atoms with Gasteiger partial charge in [-0.05, 0) is 31.4 Å². The fourth-order valence-corrected chi connectivity index (χ4v) is 4.85. The third-order valence-corrected chi connectivity index (χ3v) is 6.26. The van der Waals surface area contributed by atoms with Crippen LogP contribution in [0.3, 0.4) is 0 Å². The number of ether oxygens (including phenoxy) is 2. The maximum atomic E-state index is 12.6. The molecule has 2 saturated heterocycles. The van der Waals surface area contributed by atoms with E-state index in [0.29, 0.717) is 5.91 Å². The Labute approximate surface area is 151 Å². The van der Waals surface area contributed by atoms with Crippen molar-refractivity contribution >= 4 is 32.6 Å². The molecular weight excluding hydrogens is 338 g/mol. The van der Waals surface area contributed by atoms with Gasteiger partial charge in [-0.3, -0.25) is 4.79 Å². The molecule has 2 fully saturated rings. The van der Waals surface area contributed by atoms with E-state index in [1.807, 2.05) is 17.0 Å². The van der Waals surface area contributed by atoms with Crippen LogP contribution in [-0.4, -0.2) is 56.2 Å². The predicted octanol–water partition coefficient (Wildman–Crippen LogP) is 2.76. The number of anilines is 1. The number of amides is 1. The van der Waals surface area contributed by atoms with Crippen molar-refractivity contribution in [3.05, 3.63) is 12.1 Å². The molecule has 0 N–H and O–H groups in total. The van der Waals surface area contributed by atoms with Crippen LogP contribution >= 0.6 is 11.3 Å². The Morgan fingerprint density at radius 3 is 2.60 bits per heavy atom. The summed E-state index contributed by atoms with van der Waals surface area (Å²) in [6.07, 6.45) is 3.18. The molecule has 7 heteroatoms. The lowest BCUT2D eigenvalue weighted by atomic mass is 10.1. The van der Waals surface area contributed by atoms with Crippen molar-refractivity contribution in [1.29, 1.82) is 0 Å². The quantitative estimate of drug-likeness (QED) is 0.838. The minimum Gasteiger partial charge on any atom is -0.495 e. The van der Waals surface area contributed by atoms with Crippen molar-refractivity contribution in [2.75, 3.05) is 45.3 Å². The minimum absolute atomic E-state index is 0.0916. The number of benzene rings is 1. The first-order valence-electron chi connectivity index (χ1n) is 8.76. The van der Waals surface area contributed by atoms with Crippen LogP contribution in [0.25, 0.3) is 10.2 Å². The van der Waals surface area contributed by atoms with E-state index in [1.54, 1.807) is 25.6 Å². The lowest BCUT2D eigenvalue weighted by Gasteiger charge is -2.20. The van der Waals surface area contributed by atoms with Gasteiger partial charge in [0.15, 0.2) is 5.13 Å². The molecule has 4 rings (SSSR count). The highest BCUT2D eigenvalue weighted by Crippen LogP contribution is 2.41. The van der Waals surface area contributed by atoms with Crippen molar-refractivity contribution < 1.29 is 14.3 Å². The lowest BCUT2D eigenvalue weighted by molar-refractivity contribution is -0.133. The standard InChI is InChI=1S/C18H23N3O3S/c1-23-13-5-6-14(24-2)16-15(13)19-18(25-16)21-10-7-12(11-21)17(22)20-8-3-4-9-20/h5-6,12H,3-4,7-11H2,1-2H3. The number of rotatable bonds is 4. The molecule has 0 spiro atoms. The van der Waals surface area contributed by atoms with Crippen LogP contribution in [0.15, 0.2) is 12.1 Å². The number of nitrogens with zero attached hydrogens (tertiary/aromatic N) is 3. The molecule has 1 amide bonds. The van der Waals surface area contributed by atoms with Crippen LogP contribution in [0, 0.1) is 5.92 Å². The van der Waals surface area contributed by atoms with Gasteiger partial charge in [0.25, 0.3) is 0 Å². The molecule has 3 heterocycles. The summed E-state index contributed by atoms with van der Waals surface area (Å²) in [7, 11) is 3.32. The summed E-state index contributed by atoms with van der Waals surface area (Å²) in [5.74, 6) is 1.97. The van der Waals surface area contributed by atoms with Crippen LogP contribution in [0.4, 0.5) is 5.13 Å². The Morgan fingerprint density at radius 2 is 1.88 bits per heavy atom. The fraction of sp³-hybridized carbons (Fsp3) is 0.556. The molecule has 1 aromatic carbocycles. The number of likely N-dealkylation sites (tertiary alicyclic amines) is 1. The molecule has 0 aliphatic carbocycles. The Kier molecular flexibility index (Phi) is 4.41. The number of hydrogen-bond acceptors (Lipinski definition) is 6. The summed E-state index contributed by atoms with van der Waals surface area (Å²) in [5.41, 5.74) is 0.830. The molecule has 0 saturated carbocycles. The van der Waals surface area contributed by atoms with Crippen LogP contribution in [0.1, 0.15) is 19.3 Å². The topological polar surface area (TPSA) is 54.9 Å². The summed E-state index contributed by atoms with van der Waals surface area (Å²) in [5, 5.41) is 0.939. The van der Waals surface area contributed by atoms with Crippen molar-refractivity contribution in [3.8, 4) is 11.5 Å². The zero-order chi connectivity index (χ0) is 17.4. The highest BCUT2D eigenvalue weighted by atomic mass is 32.1. The highest BCUT2D eigenvalue weighted by Gasteiger charge is 2.33. The maximum Gasteiger partial charge on any atom is 0.227 e. The summed E-state index contributed by atoms with van der Waals surface area (Å²) in [6, 6.07) is 3.79. The molecule has 2 aliphatic rings. The second kappa shape index (κ2) is 6.71. The van der Waals surface area contributed by atoms with E-state index in [1.165, 1.54) is 0 Å². The van der Waals surface area contributed by atoms with E-state index >= 15 is 0 Å². The normalized spacial score (nSPS) is 20.5. The zero-order valence-corrected chi connectivity index (χ0v) is 15.5. The smallest absolute Gasteiger partial charge is 0.227 e. The Balaban J connectivity index is 1.57. The van der Waals surface area contributed by atoms with E-state index in [-0.39, 0.29) is 5.92 Å². The van der Waals surface area contributed by atoms with Crippen molar-refractivity contribution in [1.82, 2.24) is 9.88 Å². The molecular formula is C18H23N3O3S. The maximum absolute atomic E-state index is 12.6. The van der Waals surface area contributed by atoms with Gasteiger partial charge in [0.2, 0.25) is 5.91 Å². The number of carbonyl (C=O) groups is 1. The van der Waals surface area contributed by atoms with Gasteiger partial charge in [0, 0.05) is 26.2 Å². The summed E-state index contributed by atoms with van der Waals surface area (Å²) < 4.78 is 11.9. The SMILES string of the molecule is COc1ccc(OC)c2sc(N3CCC(C(=O)N4CCCC4)C3)nc12. The molecule has 1 unspecified atom stereocenters. The third-order valence-electron chi connectivity index (χ3n) is 5.12. The lowest BCUT2D eigenvalue weighted by Crippen LogP contribution is -2.35. The molecule has 0 radical (unpaired) electrons. The van der Waals surface area contributed by atoms with Crippen molar-refractivity contribution in [2.24, 2.45) is 5.92 Å². The van der Waals surface area contributed by atoms with Gasteiger partial charge in [0.1, 0.15) is 21.7 Å². The van der Waals surface area contributed by atoms with Crippen molar-refractivity contribution in [2.45, 2.75) is 19.3 Å². The van der Waals surface area contributed by atoms with Crippen LogP contribution in [0.2, 0.25) is 0 Å². The third kappa shape index (κ3) is 2.90. The van der Waals surface area contributed by atoms with E-state index in [4.69, 9.17) is 14.5 Å². The predicted molar refractivity (Wildman–Crippen MR) is 98.9 cm³/mol. The van der Waals surface area contributed by atoms with Gasteiger partial charge >= 0.3 is 0 Å². The molecule has 0 bridgehead atoms. The molecule has 134 valence electrons. The van der Waals surface area contributed by atoms with Gasteiger partial charge in [0.05, 0.1) is 20.1 Å². The fourth-order valence-electron chi connectivity index (χ4n) is 3.74. The second-order valence-electron chi connectivity index (χ2n) is 6.61. The Hall–Kier alpha value is -2.02. The van der Waals surface area contributed by atoms with Gasteiger partial charge in [-0.1, -0.05) is 11.3 Å². The molecule has 2 aliphatic heterocycles. The Bertz CT molecular complexity index is 744. The number of aromatic nitrogens is 1. The summed E-state index contributed by atoms with van der Waals surface area (Å²) in [4.78, 5) is 21.7. The molecule has 1 aromatic heterocycles. The van der Waals surface area contributed by atoms with Crippen LogP contribution in [0.5, 0.6) is 11.5 Å². The van der Waals surface area contributed by atoms with Crippen LogP contribution in [-0.2, 0) is 4.79 Å². The van der Waals surface area contributed by atoms with E-state index in [2.05, 4.69) is 4.90 Å². The number of methoxy groups -OCH3 is 2. The van der Waals surface area contributed by atoms with E-state index in [0.717, 1.165) is 72.3 Å². The first kappa shape index (κ1) is 16.4. The number of fused-ring (bicyclic) bond motifs is 1.